The number of ether oxygens (including phenoxy) is 2. The number of hydrogen-bond donors (Lipinski definition) is 0. The minimum atomic E-state index is -0.531. The molecular formula is C24H22BrNO3. The maximum atomic E-state index is 13.0. The van der Waals surface area contributed by atoms with Gasteiger partial charge in [-0.05, 0) is 48.4 Å². The van der Waals surface area contributed by atoms with Crippen molar-refractivity contribution in [3.05, 3.63) is 94.0 Å². The Hall–Kier alpha value is -2.63. The van der Waals surface area contributed by atoms with Crippen molar-refractivity contribution in [1.29, 1.82) is 0 Å². The molecule has 0 aliphatic carbocycles. The number of amides is 1. The first-order valence-corrected chi connectivity index (χ1v) is 10.3. The Labute approximate surface area is 179 Å². The van der Waals surface area contributed by atoms with Crippen LogP contribution in [0.15, 0.2) is 77.3 Å². The maximum absolute atomic E-state index is 13.0. The molecule has 29 heavy (non-hydrogen) atoms. The summed E-state index contributed by atoms with van der Waals surface area (Å²) in [5, 5.41) is 0. The number of aryl methyl sites for hydroxylation is 1. The Morgan fingerprint density at radius 3 is 2.31 bits per heavy atom. The third kappa shape index (κ3) is 3.93. The number of methoxy groups -OCH3 is 1. The summed E-state index contributed by atoms with van der Waals surface area (Å²) in [6.07, 6.45) is -0.531. The predicted molar refractivity (Wildman–Crippen MR) is 117 cm³/mol. The van der Waals surface area contributed by atoms with Crippen molar-refractivity contribution in [2.24, 2.45) is 0 Å². The number of carbonyl (C=O) groups is 1. The third-order valence-electron chi connectivity index (χ3n) is 5.19. The number of rotatable bonds is 6. The molecule has 3 aromatic carbocycles. The zero-order valence-electron chi connectivity index (χ0n) is 16.3. The smallest absolute Gasteiger partial charge is 0.259 e. The van der Waals surface area contributed by atoms with Gasteiger partial charge in [0.25, 0.3) is 5.91 Å². The number of hydrogen-bond acceptors (Lipinski definition) is 3. The lowest BCUT2D eigenvalue weighted by Gasteiger charge is -2.47. The molecule has 0 N–H and O–H groups in total. The number of benzene rings is 3. The van der Waals surface area contributed by atoms with E-state index >= 15 is 0 Å². The molecule has 4 rings (SSSR count). The lowest BCUT2D eigenvalue weighted by atomic mass is 9.89. The Balaban J connectivity index is 1.61. The van der Waals surface area contributed by atoms with Crippen LogP contribution in [0, 0.1) is 6.92 Å². The molecule has 0 spiro atoms. The number of β-lactam (4-membered cyclic amide) rings is 1. The molecule has 4 nitrogen and oxygen atoms in total. The molecule has 1 aliphatic rings. The van der Waals surface area contributed by atoms with Crippen molar-refractivity contribution in [3.63, 3.8) is 0 Å². The molecule has 1 aliphatic heterocycles. The van der Waals surface area contributed by atoms with E-state index in [4.69, 9.17) is 9.47 Å². The SMILES string of the molecule is COc1ccc([C@@H]2[C@H](OCc3ccccc3Br)C(=O)N2c2ccc(C)cc2)cc1. The van der Waals surface area contributed by atoms with Crippen molar-refractivity contribution < 1.29 is 14.3 Å². The van der Waals surface area contributed by atoms with E-state index in [-0.39, 0.29) is 11.9 Å². The minimum Gasteiger partial charge on any atom is -0.497 e. The average molecular weight is 452 g/mol. The van der Waals surface area contributed by atoms with Gasteiger partial charge in [-0.1, -0.05) is 64.0 Å². The first-order valence-electron chi connectivity index (χ1n) is 9.47. The largest absolute Gasteiger partial charge is 0.497 e. The summed E-state index contributed by atoms with van der Waals surface area (Å²) in [6, 6.07) is 23.5. The molecule has 1 saturated heterocycles. The molecular weight excluding hydrogens is 430 g/mol. The fourth-order valence-corrected chi connectivity index (χ4v) is 3.94. The van der Waals surface area contributed by atoms with Crippen LogP contribution in [-0.2, 0) is 16.1 Å². The Bertz CT molecular complexity index is 1000. The Kier molecular flexibility index (Phi) is 5.69. The second-order valence-electron chi connectivity index (χ2n) is 7.08. The summed E-state index contributed by atoms with van der Waals surface area (Å²) in [6.45, 7) is 2.40. The number of anilines is 1. The maximum Gasteiger partial charge on any atom is 0.259 e. The lowest BCUT2D eigenvalue weighted by molar-refractivity contribution is -0.143. The van der Waals surface area contributed by atoms with Gasteiger partial charge in [-0.3, -0.25) is 9.69 Å². The highest BCUT2D eigenvalue weighted by Gasteiger charge is 2.49. The van der Waals surface area contributed by atoms with Crippen molar-refractivity contribution in [1.82, 2.24) is 0 Å². The van der Waals surface area contributed by atoms with Crippen LogP contribution in [0.5, 0.6) is 5.75 Å². The van der Waals surface area contributed by atoms with Gasteiger partial charge >= 0.3 is 0 Å². The van der Waals surface area contributed by atoms with Crippen molar-refractivity contribution in [3.8, 4) is 5.75 Å². The molecule has 1 fully saturated rings. The molecule has 0 aromatic heterocycles. The zero-order valence-corrected chi connectivity index (χ0v) is 17.9. The van der Waals surface area contributed by atoms with E-state index in [2.05, 4.69) is 15.9 Å². The third-order valence-corrected chi connectivity index (χ3v) is 5.97. The standard InChI is InChI=1S/C24H22BrNO3/c1-16-7-11-19(12-8-16)26-22(17-9-13-20(28-2)14-10-17)23(24(26)27)29-15-18-5-3-4-6-21(18)25/h3-14,22-23H,15H2,1-2H3/t22-,23+/m1/s1. The molecule has 1 amide bonds. The first-order chi connectivity index (χ1) is 14.1. The average Bonchev–Trinajstić information content (AvgIpc) is 2.74. The fourth-order valence-electron chi connectivity index (χ4n) is 3.54. The highest BCUT2D eigenvalue weighted by atomic mass is 79.9. The van der Waals surface area contributed by atoms with Crippen LogP contribution in [-0.4, -0.2) is 19.1 Å². The topological polar surface area (TPSA) is 38.8 Å². The van der Waals surface area contributed by atoms with E-state index in [0.29, 0.717) is 6.61 Å². The Morgan fingerprint density at radius 1 is 0.966 bits per heavy atom. The molecule has 0 saturated carbocycles. The zero-order chi connectivity index (χ0) is 20.4. The highest BCUT2D eigenvalue weighted by molar-refractivity contribution is 9.10. The van der Waals surface area contributed by atoms with Crippen LogP contribution in [0.4, 0.5) is 5.69 Å². The van der Waals surface area contributed by atoms with Crippen LogP contribution in [0.3, 0.4) is 0 Å². The first kappa shape index (κ1) is 19.7. The molecule has 3 aromatic rings. The molecule has 0 radical (unpaired) electrons. The van der Waals surface area contributed by atoms with E-state index < -0.39 is 6.10 Å². The number of halogens is 1. The number of nitrogens with zero attached hydrogens (tertiary/aromatic N) is 1. The molecule has 1 heterocycles. The second kappa shape index (κ2) is 8.39. The second-order valence-corrected chi connectivity index (χ2v) is 7.94. The summed E-state index contributed by atoms with van der Waals surface area (Å²) >= 11 is 3.54. The minimum absolute atomic E-state index is 0.0262. The van der Waals surface area contributed by atoms with Crippen LogP contribution >= 0.6 is 15.9 Å². The summed E-state index contributed by atoms with van der Waals surface area (Å²) in [5.41, 5.74) is 4.07. The van der Waals surface area contributed by atoms with Gasteiger partial charge in [0.15, 0.2) is 6.10 Å². The number of carbonyl (C=O) groups excluding carboxylic acids is 1. The molecule has 2 atom stereocenters. The van der Waals surface area contributed by atoms with Crippen molar-refractivity contribution >= 4 is 27.5 Å². The van der Waals surface area contributed by atoms with Crippen LogP contribution in [0.2, 0.25) is 0 Å². The van der Waals surface area contributed by atoms with E-state index in [9.17, 15) is 4.79 Å². The molecule has 0 bridgehead atoms. The van der Waals surface area contributed by atoms with Gasteiger partial charge in [0, 0.05) is 10.2 Å². The van der Waals surface area contributed by atoms with E-state index in [0.717, 1.165) is 32.6 Å². The highest BCUT2D eigenvalue weighted by Crippen LogP contribution is 2.41. The van der Waals surface area contributed by atoms with Crippen LogP contribution in [0.1, 0.15) is 22.7 Å². The predicted octanol–water partition coefficient (Wildman–Crippen LogP) is 5.44. The van der Waals surface area contributed by atoms with Gasteiger partial charge < -0.3 is 9.47 Å². The molecule has 148 valence electrons. The van der Waals surface area contributed by atoms with E-state index in [1.165, 1.54) is 0 Å². The van der Waals surface area contributed by atoms with Gasteiger partial charge in [-0.15, -0.1) is 0 Å². The summed E-state index contributed by atoms with van der Waals surface area (Å²) < 4.78 is 12.4. The summed E-state index contributed by atoms with van der Waals surface area (Å²) in [4.78, 5) is 14.8. The van der Waals surface area contributed by atoms with Crippen molar-refractivity contribution in [2.45, 2.75) is 25.7 Å². The van der Waals surface area contributed by atoms with Gasteiger partial charge in [0.2, 0.25) is 0 Å². The summed E-state index contributed by atoms with van der Waals surface area (Å²) in [5.74, 6) is 0.758. The monoisotopic (exact) mass is 451 g/mol. The van der Waals surface area contributed by atoms with Gasteiger partial charge in [0.05, 0.1) is 19.8 Å². The van der Waals surface area contributed by atoms with E-state index in [1.54, 1.807) is 7.11 Å². The fraction of sp³-hybridized carbons (Fsp3) is 0.208. The van der Waals surface area contributed by atoms with Gasteiger partial charge in [-0.25, -0.2) is 0 Å². The van der Waals surface area contributed by atoms with Crippen LogP contribution < -0.4 is 9.64 Å². The van der Waals surface area contributed by atoms with Crippen LogP contribution in [0.25, 0.3) is 0 Å². The quantitative estimate of drug-likeness (QED) is 0.468. The lowest BCUT2D eigenvalue weighted by Crippen LogP contribution is -2.60. The van der Waals surface area contributed by atoms with E-state index in [1.807, 2.05) is 84.6 Å². The molecule has 0 unspecified atom stereocenters. The summed E-state index contributed by atoms with van der Waals surface area (Å²) in [7, 11) is 1.64. The normalized spacial score (nSPS) is 18.4. The van der Waals surface area contributed by atoms with Crippen molar-refractivity contribution in [2.75, 3.05) is 12.0 Å². The van der Waals surface area contributed by atoms with Gasteiger partial charge in [0.1, 0.15) is 5.75 Å². The van der Waals surface area contributed by atoms with Gasteiger partial charge in [-0.2, -0.15) is 0 Å². The Morgan fingerprint density at radius 2 is 1.66 bits per heavy atom. The molecule has 5 heteroatoms.